The number of hydrogen-bond acceptors (Lipinski definition) is 3. The van der Waals surface area contributed by atoms with E-state index in [0.29, 0.717) is 22.0 Å². The zero-order valence-electron chi connectivity index (χ0n) is 14.4. The Balaban J connectivity index is 1.88. The quantitative estimate of drug-likeness (QED) is 0.850. The molecule has 0 aromatic heterocycles. The van der Waals surface area contributed by atoms with E-state index in [1.54, 1.807) is 48.5 Å². The summed E-state index contributed by atoms with van der Waals surface area (Å²) in [5.74, 6) is 0.0679. The first-order valence-electron chi connectivity index (χ1n) is 7.84. The Labute approximate surface area is 152 Å². The zero-order valence-corrected chi connectivity index (χ0v) is 15.2. The molecule has 0 aliphatic carbocycles. The first-order chi connectivity index (χ1) is 11.7. The Morgan fingerprint density at radius 2 is 1.76 bits per heavy atom. The predicted molar refractivity (Wildman–Crippen MR) is 99.2 cm³/mol. The van der Waals surface area contributed by atoms with Crippen LogP contribution in [0.25, 0.3) is 0 Å². The molecule has 25 heavy (non-hydrogen) atoms. The van der Waals surface area contributed by atoms with Gasteiger partial charge in [0.25, 0.3) is 11.8 Å². The average molecular weight is 361 g/mol. The van der Waals surface area contributed by atoms with Gasteiger partial charge in [0, 0.05) is 21.8 Å². The van der Waals surface area contributed by atoms with Crippen LogP contribution in [0.2, 0.25) is 5.02 Å². The third-order valence-corrected chi connectivity index (χ3v) is 3.32. The molecule has 132 valence electrons. The van der Waals surface area contributed by atoms with Crippen LogP contribution in [-0.4, -0.2) is 24.0 Å². The molecule has 0 bridgehead atoms. The number of anilines is 1. The van der Waals surface area contributed by atoms with Crippen molar-refractivity contribution in [1.82, 2.24) is 5.32 Å². The molecule has 0 aliphatic rings. The van der Waals surface area contributed by atoms with E-state index < -0.39 is 0 Å². The van der Waals surface area contributed by atoms with E-state index in [9.17, 15) is 9.59 Å². The van der Waals surface area contributed by atoms with Crippen LogP contribution in [0.5, 0.6) is 5.75 Å². The summed E-state index contributed by atoms with van der Waals surface area (Å²) in [6, 6.07) is 13.5. The molecule has 2 rings (SSSR count). The van der Waals surface area contributed by atoms with Gasteiger partial charge in [-0.3, -0.25) is 9.59 Å². The number of benzene rings is 2. The van der Waals surface area contributed by atoms with Crippen molar-refractivity contribution in [1.29, 1.82) is 0 Å². The second-order valence-corrected chi connectivity index (χ2v) is 7.01. The van der Waals surface area contributed by atoms with E-state index in [0.717, 1.165) is 0 Å². The van der Waals surface area contributed by atoms with Crippen LogP contribution in [0, 0.1) is 0 Å². The van der Waals surface area contributed by atoms with Crippen LogP contribution < -0.4 is 15.4 Å². The molecule has 2 aromatic carbocycles. The number of nitrogens with one attached hydrogen (secondary N) is 2. The van der Waals surface area contributed by atoms with Crippen LogP contribution in [0.15, 0.2) is 48.5 Å². The van der Waals surface area contributed by atoms with Gasteiger partial charge < -0.3 is 15.4 Å². The Kier molecular flexibility index (Phi) is 6.04. The molecule has 0 radical (unpaired) electrons. The monoisotopic (exact) mass is 360 g/mol. The Bertz CT molecular complexity index is 752. The zero-order chi connectivity index (χ0) is 18.4. The molecule has 0 unspecified atom stereocenters. The highest BCUT2D eigenvalue weighted by Gasteiger charge is 2.15. The van der Waals surface area contributed by atoms with Crippen LogP contribution in [0.4, 0.5) is 5.69 Å². The summed E-state index contributed by atoms with van der Waals surface area (Å²) >= 11 is 5.86. The molecule has 2 aromatic rings. The smallest absolute Gasteiger partial charge is 0.262 e. The highest BCUT2D eigenvalue weighted by Crippen LogP contribution is 2.17. The van der Waals surface area contributed by atoms with Crippen molar-refractivity contribution in [2.24, 2.45) is 0 Å². The summed E-state index contributed by atoms with van der Waals surface area (Å²) in [7, 11) is 0. The molecule has 5 nitrogen and oxygen atoms in total. The molecule has 6 heteroatoms. The standard InChI is InChI=1S/C19H21ClN2O3/c1-19(2,3)22-18(24)13-7-9-15(10-8-13)21-17(23)12-25-16-6-4-5-14(20)11-16/h4-11H,12H2,1-3H3,(H,21,23)(H,22,24). The number of hydrogen-bond donors (Lipinski definition) is 2. The van der Waals surface area contributed by atoms with Crippen molar-refractivity contribution in [3.8, 4) is 5.75 Å². The maximum atomic E-state index is 12.1. The summed E-state index contributed by atoms with van der Waals surface area (Å²) in [5.41, 5.74) is 0.817. The maximum absolute atomic E-state index is 12.1. The van der Waals surface area contributed by atoms with Crippen LogP contribution in [0.3, 0.4) is 0 Å². The summed E-state index contributed by atoms with van der Waals surface area (Å²) in [4.78, 5) is 24.0. The van der Waals surface area contributed by atoms with Crippen LogP contribution >= 0.6 is 11.6 Å². The number of amides is 2. The van der Waals surface area contributed by atoms with E-state index in [1.807, 2.05) is 20.8 Å². The average Bonchev–Trinajstić information content (AvgIpc) is 2.52. The molecule has 2 N–H and O–H groups in total. The number of ether oxygens (including phenoxy) is 1. The summed E-state index contributed by atoms with van der Waals surface area (Å²) in [6.45, 7) is 5.62. The van der Waals surface area contributed by atoms with Gasteiger partial charge in [-0.2, -0.15) is 0 Å². The Morgan fingerprint density at radius 1 is 1.08 bits per heavy atom. The normalized spacial score (nSPS) is 10.9. The highest BCUT2D eigenvalue weighted by molar-refractivity contribution is 6.30. The molecule has 0 atom stereocenters. The molecule has 0 saturated heterocycles. The Hall–Kier alpha value is -2.53. The van der Waals surface area contributed by atoms with Crippen molar-refractivity contribution in [3.05, 3.63) is 59.1 Å². The molecule has 0 spiro atoms. The topological polar surface area (TPSA) is 67.4 Å². The minimum absolute atomic E-state index is 0.132. The molecular formula is C19H21ClN2O3. The van der Waals surface area contributed by atoms with Crippen LogP contribution in [-0.2, 0) is 4.79 Å². The molecule has 0 saturated carbocycles. The van der Waals surface area contributed by atoms with E-state index in [-0.39, 0.29) is 24.0 Å². The molecule has 0 heterocycles. The van der Waals surface area contributed by atoms with Gasteiger partial charge in [-0.1, -0.05) is 17.7 Å². The highest BCUT2D eigenvalue weighted by atomic mass is 35.5. The molecule has 2 amide bonds. The van der Waals surface area contributed by atoms with Crippen LogP contribution in [0.1, 0.15) is 31.1 Å². The second kappa shape index (κ2) is 8.03. The van der Waals surface area contributed by atoms with Gasteiger partial charge in [-0.05, 0) is 63.2 Å². The lowest BCUT2D eigenvalue weighted by atomic mass is 10.1. The fraction of sp³-hybridized carbons (Fsp3) is 0.263. The van der Waals surface area contributed by atoms with Gasteiger partial charge in [0.1, 0.15) is 5.75 Å². The van der Waals surface area contributed by atoms with Gasteiger partial charge in [-0.25, -0.2) is 0 Å². The van der Waals surface area contributed by atoms with Crippen molar-refractivity contribution in [2.75, 3.05) is 11.9 Å². The fourth-order valence-electron chi connectivity index (χ4n) is 2.02. The first-order valence-corrected chi connectivity index (χ1v) is 8.21. The molecular weight excluding hydrogens is 340 g/mol. The van der Waals surface area contributed by atoms with E-state index in [1.165, 1.54) is 0 Å². The fourth-order valence-corrected chi connectivity index (χ4v) is 2.20. The summed E-state index contributed by atoms with van der Waals surface area (Å²) in [5, 5.41) is 6.14. The minimum Gasteiger partial charge on any atom is -0.484 e. The predicted octanol–water partition coefficient (Wildman–Crippen LogP) is 3.89. The first kappa shape index (κ1) is 18.8. The minimum atomic E-state index is -0.304. The van der Waals surface area contributed by atoms with Gasteiger partial charge in [0.05, 0.1) is 0 Å². The lowest BCUT2D eigenvalue weighted by molar-refractivity contribution is -0.118. The number of carbonyl (C=O) groups is 2. The summed E-state index contributed by atoms with van der Waals surface area (Å²) < 4.78 is 5.38. The molecule has 0 aliphatic heterocycles. The van der Waals surface area contributed by atoms with Gasteiger partial charge in [-0.15, -0.1) is 0 Å². The van der Waals surface area contributed by atoms with Gasteiger partial charge in [0.15, 0.2) is 6.61 Å². The second-order valence-electron chi connectivity index (χ2n) is 6.58. The lowest BCUT2D eigenvalue weighted by Crippen LogP contribution is -2.40. The summed E-state index contributed by atoms with van der Waals surface area (Å²) in [6.07, 6.45) is 0. The van der Waals surface area contributed by atoms with Crippen molar-refractivity contribution in [2.45, 2.75) is 26.3 Å². The SMILES string of the molecule is CC(C)(C)NC(=O)c1ccc(NC(=O)COc2cccc(Cl)c2)cc1. The largest absolute Gasteiger partial charge is 0.484 e. The molecule has 0 fully saturated rings. The van der Waals surface area contributed by atoms with Crippen molar-refractivity contribution >= 4 is 29.1 Å². The number of rotatable bonds is 5. The van der Waals surface area contributed by atoms with E-state index in [2.05, 4.69) is 10.6 Å². The maximum Gasteiger partial charge on any atom is 0.262 e. The van der Waals surface area contributed by atoms with Gasteiger partial charge in [0.2, 0.25) is 0 Å². The lowest BCUT2D eigenvalue weighted by Gasteiger charge is -2.20. The van der Waals surface area contributed by atoms with E-state index >= 15 is 0 Å². The third kappa shape index (κ3) is 6.47. The van der Waals surface area contributed by atoms with Gasteiger partial charge >= 0.3 is 0 Å². The van der Waals surface area contributed by atoms with Crippen molar-refractivity contribution < 1.29 is 14.3 Å². The third-order valence-electron chi connectivity index (χ3n) is 3.09. The number of carbonyl (C=O) groups excluding carboxylic acids is 2. The van der Waals surface area contributed by atoms with Crippen molar-refractivity contribution in [3.63, 3.8) is 0 Å². The Morgan fingerprint density at radius 3 is 2.36 bits per heavy atom. The van der Waals surface area contributed by atoms with E-state index in [4.69, 9.17) is 16.3 Å². The number of halogens is 1.